The predicted octanol–water partition coefficient (Wildman–Crippen LogP) is 1.64. The van der Waals surface area contributed by atoms with Crippen molar-refractivity contribution < 1.29 is 19.4 Å². The molecule has 0 bridgehead atoms. The Hall–Kier alpha value is -2.83. The summed E-state index contributed by atoms with van der Waals surface area (Å²) in [5, 5.41) is 13.3. The van der Waals surface area contributed by atoms with E-state index in [1.165, 1.54) is 10.7 Å². The third-order valence-corrected chi connectivity index (χ3v) is 3.49. The van der Waals surface area contributed by atoms with Gasteiger partial charge < -0.3 is 14.7 Å². The first kappa shape index (κ1) is 14.1. The van der Waals surface area contributed by atoms with Crippen molar-refractivity contribution in [3.05, 3.63) is 41.7 Å². The third kappa shape index (κ3) is 2.30. The molecule has 0 fully saturated rings. The molecule has 114 valence electrons. The molecule has 7 nitrogen and oxygen atoms in total. The molecule has 22 heavy (non-hydrogen) atoms. The summed E-state index contributed by atoms with van der Waals surface area (Å²) in [6, 6.07) is 8.55. The van der Waals surface area contributed by atoms with Crippen molar-refractivity contribution in [2.45, 2.75) is 13.5 Å². The van der Waals surface area contributed by atoms with Crippen molar-refractivity contribution in [3.8, 4) is 5.75 Å². The summed E-state index contributed by atoms with van der Waals surface area (Å²) in [7, 11) is 0. The summed E-state index contributed by atoms with van der Waals surface area (Å²) in [5.74, 6) is -0.795. The summed E-state index contributed by atoms with van der Waals surface area (Å²) >= 11 is 0. The number of hydrogen-bond acceptors (Lipinski definition) is 4. The van der Waals surface area contributed by atoms with Gasteiger partial charge in [0.25, 0.3) is 5.91 Å². The maximum atomic E-state index is 12.7. The van der Waals surface area contributed by atoms with Gasteiger partial charge in [0.15, 0.2) is 5.69 Å². The number of fused-ring (bicyclic) bond motifs is 1. The Morgan fingerprint density at radius 2 is 2.14 bits per heavy atom. The molecule has 1 aliphatic heterocycles. The van der Waals surface area contributed by atoms with Gasteiger partial charge in [-0.1, -0.05) is 12.1 Å². The van der Waals surface area contributed by atoms with E-state index in [1.807, 2.05) is 12.1 Å². The van der Waals surface area contributed by atoms with Crippen LogP contribution >= 0.6 is 0 Å². The van der Waals surface area contributed by atoms with E-state index < -0.39 is 5.97 Å². The average molecular weight is 301 g/mol. The van der Waals surface area contributed by atoms with Gasteiger partial charge in [0.2, 0.25) is 0 Å². The summed E-state index contributed by atoms with van der Waals surface area (Å²) in [6.07, 6.45) is 0. The minimum absolute atomic E-state index is 0.00685. The van der Waals surface area contributed by atoms with Crippen LogP contribution in [0, 0.1) is 0 Å². The van der Waals surface area contributed by atoms with Gasteiger partial charge in [-0.3, -0.25) is 9.48 Å². The number of aromatic nitrogens is 2. The summed E-state index contributed by atoms with van der Waals surface area (Å²) in [6.45, 7) is 2.95. The van der Waals surface area contributed by atoms with Crippen LogP contribution in [0.5, 0.6) is 5.75 Å². The van der Waals surface area contributed by atoms with Gasteiger partial charge in [0, 0.05) is 12.6 Å². The van der Waals surface area contributed by atoms with Crippen LogP contribution in [0.3, 0.4) is 0 Å². The van der Waals surface area contributed by atoms with Crippen LogP contribution in [-0.2, 0) is 6.54 Å². The lowest BCUT2D eigenvalue weighted by atomic mass is 10.2. The number of benzene rings is 1. The van der Waals surface area contributed by atoms with Crippen molar-refractivity contribution in [1.29, 1.82) is 0 Å². The first-order valence-corrected chi connectivity index (χ1v) is 6.96. The van der Waals surface area contributed by atoms with Crippen molar-refractivity contribution in [1.82, 2.24) is 9.78 Å². The molecule has 1 N–H and O–H groups in total. The zero-order valence-electron chi connectivity index (χ0n) is 12.0. The van der Waals surface area contributed by atoms with Crippen LogP contribution in [0.15, 0.2) is 30.3 Å². The van der Waals surface area contributed by atoms with E-state index >= 15 is 0 Å². The minimum atomic E-state index is -1.10. The van der Waals surface area contributed by atoms with E-state index in [0.717, 1.165) is 0 Å². The van der Waals surface area contributed by atoms with Gasteiger partial charge in [0.1, 0.15) is 18.1 Å². The number of rotatable bonds is 3. The van der Waals surface area contributed by atoms with E-state index in [0.29, 0.717) is 31.1 Å². The molecule has 1 aliphatic rings. The van der Waals surface area contributed by atoms with Gasteiger partial charge in [-0.25, -0.2) is 4.79 Å². The van der Waals surface area contributed by atoms with Gasteiger partial charge in [0.05, 0.1) is 12.2 Å². The van der Waals surface area contributed by atoms with Crippen molar-refractivity contribution in [2.24, 2.45) is 0 Å². The lowest BCUT2D eigenvalue weighted by Crippen LogP contribution is -2.38. The van der Waals surface area contributed by atoms with Gasteiger partial charge in [-0.2, -0.15) is 5.10 Å². The smallest absolute Gasteiger partial charge is 0.354 e. The lowest BCUT2D eigenvalue weighted by molar-refractivity contribution is 0.0683. The molecule has 1 aromatic carbocycles. The van der Waals surface area contributed by atoms with Crippen molar-refractivity contribution in [3.63, 3.8) is 0 Å². The normalized spacial score (nSPS) is 13.4. The van der Waals surface area contributed by atoms with Crippen LogP contribution in [0.25, 0.3) is 0 Å². The summed E-state index contributed by atoms with van der Waals surface area (Å²) in [4.78, 5) is 25.4. The molecule has 0 radical (unpaired) electrons. The number of carboxylic acids is 1. The molecule has 0 saturated carbocycles. The number of amides is 1. The van der Waals surface area contributed by atoms with Gasteiger partial charge >= 0.3 is 5.97 Å². The SMILES string of the molecule is CCn1nc(C(=O)N2CCOc3ccccc32)cc1C(=O)O. The molecule has 1 amide bonds. The molecular formula is C15H15N3O4. The molecule has 0 aliphatic carbocycles. The Morgan fingerprint density at radius 1 is 1.36 bits per heavy atom. The number of aromatic carboxylic acids is 1. The number of hydrogen-bond donors (Lipinski definition) is 1. The molecule has 1 aromatic heterocycles. The predicted molar refractivity (Wildman–Crippen MR) is 78.5 cm³/mol. The topological polar surface area (TPSA) is 84.7 Å². The Kier molecular flexibility index (Phi) is 3.54. The number of nitrogens with zero attached hydrogens (tertiary/aromatic N) is 3. The number of carboxylic acid groups (broad SMARTS) is 1. The van der Waals surface area contributed by atoms with Crippen LogP contribution in [0.2, 0.25) is 0 Å². The molecule has 2 heterocycles. The van der Waals surface area contributed by atoms with E-state index in [9.17, 15) is 9.59 Å². The molecule has 2 aromatic rings. The molecule has 0 spiro atoms. The average Bonchev–Trinajstić information content (AvgIpc) is 2.98. The maximum Gasteiger partial charge on any atom is 0.354 e. The number of ether oxygens (including phenoxy) is 1. The highest BCUT2D eigenvalue weighted by Crippen LogP contribution is 2.31. The van der Waals surface area contributed by atoms with Crippen molar-refractivity contribution in [2.75, 3.05) is 18.1 Å². The fraction of sp³-hybridized carbons (Fsp3) is 0.267. The lowest BCUT2D eigenvalue weighted by Gasteiger charge is -2.28. The molecule has 7 heteroatoms. The Morgan fingerprint density at radius 3 is 2.82 bits per heavy atom. The third-order valence-electron chi connectivity index (χ3n) is 3.49. The summed E-state index contributed by atoms with van der Waals surface area (Å²) < 4.78 is 6.82. The number of carbonyl (C=O) groups excluding carboxylic acids is 1. The highest BCUT2D eigenvalue weighted by Gasteiger charge is 2.27. The fourth-order valence-electron chi connectivity index (χ4n) is 2.45. The highest BCUT2D eigenvalue weighted by molar-refractivity contribution is 6.06. The quantitative estimate of drug-likeness (QED) is 0.931. The zero-order valence-corrected chi connectivity index (χ0v) is 12.0. The van der Waals surface area contributed by atoms with Crippen LogP contribution < -0.4 is 9.64 Å². The van der Waals surface area contributed by atoms with E-state index in [1.54, 1.807) is 24.0 Å². The molecule has 0 unspecified atom stereocenters. The molecular weight excluding hydrogens is 286 g/mol. The zero-order chi connectivity index (χ0) is 15.7. The Balaban J connectivity index is 1.97. The maximum absolute atomic E-state index is 12.7. The second-order valence-corrected chi connectivity index (χ2v) is 4.81. The van der Waals surface area contributed by atoms with E-state index in [-0.39, 0.29) is 17.3 Å². The number of para-hydroxylation sites is 2. The second-order valence-electron chi connectivity index (χ2n) is 4.81. The number of aryl methyl sites for hydroxylation is 1. The van der Waals surface area contributed by atoms with Crippen molar-refractivity contribution >= 4 is 17.6 Å². The van der Waals surface area contributed by atoms with Crippen LogP contribution in [-0.4, -0.2) is 39.9 Å². The van der Waals surface area contributed by atoms with Crippen LogP contribution in [0.4, 0.5) is 5.69 Å². The second kappa shape index (κ2) is 5.51. The standard InChI is InChI=1S/C15H15N3O4/c1-2-18-12(15(20)21)9-10(16-18)14(19)17-7-8-22-13-6-4-3-5-11(13)17/h3-6,9H,2,7-8H2,1H3,(H,20,21). The van der Waals surface area contributed by atoms with Crippen LogP contribution in [0.1, 0.15) is 27.9 Å². The number of carbonyl (C=O) groups is 2. The fourth-order valence-corrected chi connectivity index (χ4v) is 2.45. The largest absolute Gasteiger partial charge is 0.490 e. The van der Waals surface area contributed by atoms with Gasteiger partial charge in [-0.05, 0) is 19.1 Å². The Labute approximate surface area is 126 Å². The molecule has 3 rings (SSSR count). The first-order valence-electron chi connectivity index (χ1n) is 6.96. The van der Waals surface area contributed by atoms with E-state index in [4.69, 9.17) is 9.84 Å². The minimum Gasteiger partial charge on any atom is -0.490 e. The summed E-state index contributed by atoms with van der Waals surface area (Å²) in [5.41, 5.74) is 0.796. The monoisotopic (exact) mass is 301 g/mol. The number of anilines is 1. The van der Waals surface area contributed by atoms with Gasteiger partial charge in [-0.15, -0.1) is 0 Å². The first-order chi connectivity index (χ1) is 10.6. The highest BCUT2D eigenvalue weighted by atomic mass is 16.5. The van der Waals surface area contributed by atoms with E-state index in [2.05, 4.69) is 5.10 Å². The molecule has 0 saturated heterocycles. The molecule has 0 atom stereocenters. The Bertz CT molecular complexity index is 738.